The monoisotopic (exact) mass is 370 g/mol. The molecule has 0 radical (unpaired) electrons. The number of amides is 1. The van der Waals surface area contributed by atoms with E-state index in [1.54, 1.807) is 30.0 Å². The number of likely N-dealkylation sites (N-methyl/N-ethyl adjacent to an activating group) is 1. The molecule has 1 aliphatic heterocycles. The normalized spacial score (nSPS) is 13.3. The molecule has 3 rings (SSSR count). The summed E-state index contributed by atoms with van der Waals surface area (Å²) in [6, 6.07) is 11.8. The topological polar surface area (TPSA) is 49.9 Å². The van der Waals surface area contributed by atoms with E-state index in [-0.39, 0.29) is 24.1 Å². The predicted octanol–water partition coefficient (Wildman–Crippen LogP) is 3.21. The highest BCUT2D eigenvalue weighted by molar-refractivity contribution is 5.98. The van der Waals surface area contributed by atoms with Crippen LogP contribution in [0, 0.1) is 5.82 Å². The van der Waals surface area contributed by atoms with Crippen molar-refractivity contribution in [1.82, 2.24) is 0 Å². The molecule has 0 bridgehead atoms. The fraction of sp³-hybridized carbons (Fsp3) is 0.333. The molecule has 142 valence electrons. The maximum absolute atomic E-state index is 13.7. The first kappa shape index (κ1) is 18.9. The summed E-state index contributed by atoms with van der Waals surface area (Å²) in [6.45, 7) is 2.62. The van der Waals surface area contributed by atoms with Crippen molar-refractivity contribution in [2.75, 3.05) is 36.5 Å². The highest BCUT2D eigenvalue weighted by atomic mass is 19.1. The van der Waals surface area contributed by atoms with Crippen LogP contribution in [0.1, 0.15) is 18.9 Å². The summed E-state index contributed by atoms with van der Waals surface area (Å²) in [5.41, 5.74) is 2.44. The maximum Gasteiger partial charge on any atom is 0.265 e. The maximum atomic E-state index is 13.7. The first-order chi connectivity index (χ1) is 12.9. The average Bonchev–Trinajstić information content (AvgIpc) is 2.65. The van der Waals surface area contributed by atoms with Gasteiger partial charge in [-0.05, 0) is 49.2 Å². The van der Waals surface area contributed by atoms with Crippen molar-refractivity contribution in [3.8, 4) is 5.75 Å². The number of ketones is 1. The van der Waals surface area contributed by atoms with Crippen LogP contribution in [0.4, 0.5) is 15.8 Å². The van der Waals surface area contributed by atoms with Gasteiger partial charge in [0, 0.05) is 26.6 Å². The number of carbonyl (C=O) groups excluding carboxylic acids is 2. The lowest BCUT2D eigenvalue weighted by Gasteiger charge is -2.35. The number of benzene rings is 2. The molecule has 2 aromatic rings. The third kappa shape index (κ3) is 4.64. The number of hydrogen-bond donors (Lipinski definition) is 0. The highest BCUT2D eigenvalue weighted by Gasteiger charge is 2.25. The summed E-state index contributed by atoms with van der Waals surface area (Å²) in [7, 11) is 1.92. The summed E-state index contributed by atoms with van der Waals surface area (Å²) in [4.78, 5) is 27.2. The molecular weight excluding hydrogens is 347 g/mol. The first-order valence-electron chi connectivity index (χ1n) is 8.96. The van der Waals surface area contributed by atoms with Crippen molar-refractivity contribution in [3.05, 3.63) is 53.8 Å². The summed E-state index contributed by atoms with van der Waals surface area (Å²) in [5.74, 6) is 0.160. The van der Waals surface area contributed by atoms with Gasteiger partial charge >= 0.3 is 0 Å². The van der Waals surface area contributed by atoms with Crippen LogP contribution in [-0.2, 0) is 16.0 Å². The van der Waals surface area contributed by atoms with Crippen molar-refractivity contribution < 1.29 is 18.7 Å². The minimum Gasteiger partial charge on any atom is -0.484 e. The highest BCUT2D eigenvalue weighted by Crippen LogP contribution is 2.32. The van der Waals surface area contributed by atoms with Gasteiger partial charge in [-0.2, -0.15) is 0 Å². The molecule has 1 aliphatic rings. The van der Waals surface area contributed by atoms with Crippen molar-refractivity contribution in [2.45, 2.75) is 19.8 Å². The average molecular weight is 370 g/mol. The molecule has 0 atom stereocenters. The second-order valence-electron chi connectivity index (χ2n) is 6.73. The van der Waals surface area contributed by atoms with Gasteiger partial charge in [-0.1, -0.05) is 12.1 Å². The Balaban J connectivity index is 1.62. The van der Waals surface area contributed by atoms with Crippen LogP contribution in [0.25, 0.3) is 0 Å². The molecule has 27 heavy (non-hydrogen) atoms. The minimum absolute atomic E-state index is 0.119. The van der Waals surface area contributed by atoms with Crippen molar-refractivity contribution in [2.24, 2.45) is 0 Å². The Kier molecular flexibility index (Phi) is 5.74. The lowest BCUT2D eigenvalue weighted by atomic mass is 10.1. The number of ether oxygens (including phenoxy) is 1. The largest absolute Gasteiger partial charge is 0.484 e. The Bertz CT molecular complexity index is 836. The third-order valence-electron chi connectivity index (χ3n) is 4.65. The molecule has 6 heteroatoms. The van der Waals surface area contributed by atoms with Crippen LogP contribution in [0.5, 0.6) is 5.75 Å². The molecule has 0 saturated carbocycles. The molecular formula is C21H23FN2O3. The molecule has 0 aromatic heterocycles. The quantitative estimate of drug-likeness (QED) is 0.784. The number of carbonyl (C=O) groups is 2. The van der Waals surface area contributed by atoms with Crippen LogP contribution in [0.2, 0.25) is 0 Å². The van der Waals surface area contributed by atoms with E-state index in [4.69, 9.17) is 4.74 Å². The fourth-order valence-corrected chi connectivity index (χ4v) is 3.08. The second kappa shape index (κ2) is 8.20. The predicted molar refractivity (Wildman–Crippen MR) is 103 cm³/mol. The number of rotatable bonds is 6. The number of aryl methyl sites for hydroxylation is 1. The van der Waals surface area contributed by atoms with E-state index in [1.807, 2.05) is 24.1 Å². The lowest BCUT2D eigenvalue weighted by Crippen LogP contribution is -2.44. The van der Waals surface area contributed by atoms with E-state index in [9.17, 15) is 14.0 Å². The van der Waals surface area contributed by atoms with E-state index in [0.29, 0.717) is 37.4 Å². The van der Waals surface area contributed by atoms with Crippen LogP contribution >= 0.6 is 0 Å². The summed E-state index contributed by atoms with van der Waals surface area (Å²) >= 11 is 0. The van der Waals surface area contributed by atoms with Gasteiger partial charge in [-0.3, -0.25) is 4.79 Å². The van der Waals surface area contributed by atoms with Gasteiger partial charge < -0.3 is 19.3 Å². The van der Waals surface area contributed by atoms with E-state index >= 15 is 0 Å². The first-order valence-corrected chi connectivity index (χ1v) is 8.96. The zero-order chi connectivity index (χ0) is 19.4. The third-order valence-corrected chi connectivity index (χ3v) is 4.65. The van der Waals surface area contributed by atoms with Gasteiger partial charge in [0.25, 0.3) is 5.91 Å². The van der Waals surface area contributed by atoms with E-state index < -0.39 is 0 Å². The van der Waals surface area contributed by atoms with Gasteiger partial charge in [-0.25, -0.2) is 4.39 Å². The van der Waals surface area contributed by atoms with E-state index in [2.05, 4.69) is 0 Å². The number of halogens is 1. The Hall–Kier alpha value is -2.89. The van der Waals surface area contributed by atoms with Gasteiger partial charge in [0.2, 0.25) is 0 Å². The number of fused-ring (bicyclic) bond motifs is 1. The molecule has 1 amide bonds. The van der Waals surface area contributed by atoms with Crippen molar-refractivity contribution in [1.29, 1.82) is 0 Å². The SMILES string of the molecule is CC(=O)CCc1ccc(OCC(=O)N2CCN(C)c3ccc(F)cc32)cc1. The fourth-order valence-electron chi connectivity index (χ4n) is 3.08. The smallest absolute Gasteiger partial charge is 0.265 e. The Morgan fingerprint density at radius 3 is 2.52 bits per heavy atom. The minimum atomic E-state index is -0.371. The molecule has 0 saturated heterocycles. The van der Waals surface area contributed by atoms with Crippen molar-refractivity contribution >= 4 is 23.1 Å². The van der Waals surface area contributed by atoms with Gasteiger partial charge in [0.15, 0.2) is 6.61 Å². The summed E-state index contributed by atoms with van der Waals surface area (Å²) in [6.07, 6.45) is 1.20. The number of hydrogen-bond acceptors (Lipinski definition) is 4. The molecule has 2 aromatic carbocycles. The summed E-state index contributed by atoms with van der Waals surface area (Å²) < 4.78 is 19.3. The molecule has 0 fully saturated rings. The van der Waals surface area contributed by atoms with E-state index in [1.165, 1.54) is 12.1 Å². The number of Topliss-reactive ketones (excluding diaryl/α,β-unsaturated/α-hetero) is 1. The molecule has 0 unspecified atom stereocenters. The molecule has 1 heterocycles. The standard InChI is InChI=1S/C21H23FN2O3/c1-15(25)3-4-16-5-8-18(9-6-16)27-14-21(26)24-12-11-23(2)19-10-7-17(22)13-20(19)24/h5-10,13H,3-4,11-12,14H2,1-2H3. The molecule has 0 N–H and O–H groups in total. The summed E-state index contributed by atoms with van der Waals surface area (Å²) in [5, 5.41) is 0. The Morgan fingerprint density at radius 1 is 1.07 bits per heavy atom. The van der Waals surface area contributed by atoms with Gasteiger partial charge in [-0.15, -0.1) is 0 Å². The molecule has 0 spiro atoms. The van der Waals surface area contributed by atoms with Crippen LogP contribution in [0.3, 0.4) is 0 Å². The van der Waals surface area contributed by atoms with Gasteiger partial charge in [0.05, 0.1) is 11.4 Å². The Labute approximate surface area is 158 Å². The van der Waals surface area contributed by atoms with Gasteiger partial charge in [0.1, 0.15) is 17.3 Å². The second-order valence-corrected chi connectivity index (χ2v) is 6.73. The molecule has 5 nitrogen and oxygen atoms in total. The van der Waals surface area contributed by atoms with Crippen LogP contribution in [-0.4, -0.2) is 38.4 Å². The van der Waals surface area contributed by atoms with Crippen LogP contribution in [0.15, 0.2) is 42.5 Å². The Morgan fingerprint density at radius 2 is 1.81 bits per heavy atom. The van der Waals surface area contributed by atoms with Crippen molar-refractivity contribution in [3.63, 3.8) is 0 Å². The number of anilines is 2. The lowest BCUT2D eigenvalue weighted by molar-refractivity contribution is -0.120. The van der Waals surface area contributed by atoms with E-state index in [0.717, 1.165) is 11.3 Å². The molecule has 0 aliphatic carbocycles. The zero-order valence-electron chi connectivity index (χ0n) is 15.6. The van der Waals surface area contributed by atoms with Crippen LogP contribution < -0.4 is 14.5 Å². The zero-order valence-corrected chi connectivity index (χ0v) is 15.6. The number of nitrogens with zero attached hydrogens (tertiary/aromatic N) is 2.